The molecule has 6 heteroatoms. The van der Waals surface area contributed by atoms with Crippen LogP contribution in [0.4, 0.5) is 5.69 Å². The predicted octanol–water partition coefficient (Wildman–Crippen LogP) is 2.79. The third-order valence-corrected chi connectivity index (χ3v) is 6.65. The standard InChI is InChI=1S/C22H30N2O4/c1-27-19-10-18(11-20(12-19)28-2)24-7-6-17(13-24)23-22(26)16-8-14-4-3-5-15(9-16)21(14)25/h10-12,14-17H,3-9,13H2,1-2H3,(H,23,26)/t14-,15+,16?,17-/m1/s1. The van der Waals surface area contributed by atoms with Crippen molar-refractivity contribution in [2.75, 3.05) is 32.2 Å². The second-order valence-corrected chi connectivity index (χ2v) is 8.41. The summed E-state index contributed by atoms with van der Waals surface area (Å²) in [6, 6.07) is 6.00. The lowest BCUT2D eigenvalue weighted by molar-refractivity contribution is -0.137. The molecule has 1 aromatic carbocycles. The Bertz CT molecular complexity index is 712. The minimum absolute atomic E-state index is 0.000960. The van der Waals surface area contributed by atoms with Gasteiger partial charge in [-0.15, -0.1) is 0 Å². The molecule has 2 saturated carbocycles. The molecule has 1 unspecified atom stereocenters. The van der Waals surface area contributed by atoms with Crippen LogP contribution in [0.3, 0.4) is 0 Å². The van der Waals surface area contributed by atoms with E-state index in [1.54, 1.807) is 14.2 Å². The van der Waals surface area contributed by atoms with Crippen molar-refractivity contribution in [1.29, 1.82) is 0 Å². The highest BCUT2D eigenvalue weighted by atomic mass is 16.5. The van der Waals surface area contributed by atoms with E-state index in [9.17, 15) is 9.59 Å². The fourth-order valence-electron chi connectivity index (χ4n) is 5.10. The number of ketones is 1. The van der Waals surface area contributed by atoms with Gasteiger partial charge in [-0.2, -0.15) is 0 Å². The third-order valence-electron chi connectivity index (χ3n) is 6.65. The highest BCUT2D eigenvalue weighted by molar-refractivity contribution is 5.88. The number of hydrogen-bond donors (Lipinski definition) is 1. The zero-order valence-electron chi connectivity index (χ0n) is 16.8. The summed E-state index contributed by atoms with van der Waals surface area (Å²) in [5.74, 6) is 2.31. The number of methoxy groups -OCH3 is 2. The summed E-state index contributed by atoms with van der Waals surface area (Å²) in [5.41, 5.74) is 1.05. The number of amides is 1. The fourth-order valence-corrected chi connectivity index (χ4v) is 5.10. The summed E-state index contributed by atoms with van der Waals surface area (Å²) in [6.07, 6.45) is 5.47. The molecule has 152 valence electrons. The average Bonchev–Trinajstić information content (AvgIpc) is 3.15. The van der Waals surface area contributed by atoms with Crippen molar-refractivity contribution < 1.29 is 19.1 Å². The van der Waals surface area contributed by atoms with Crippen molar-refractivity contribution in [2.45, 2.75) is 44.6 Å². The van der Waals surface area contributed by atoms with E-state index in [1.807, 2.05) is 18.2 Å². The van der Waals surface area contributed by atoms with Crippen molar-refractivity contribution in [3.05, 3.63) is 18.2 Å². The Morgan fingerprint density at radius 1 is 1.04 bits per heavy atom. The molecule has 1 N–H and O–H groups in total. The van der Waals surface area contributed by atoms with E-state index in [0.29, 0.717) is 5.78 Å². The molecule has 0 spiro atoms. The molecule has 3 aliphatic rings. The predicted molar refractivity (Wildman–Crippen MR) is 107 cm³/mol. The van der Waals surface area contributed by atoms with Crippen LogP contribution >= 0.6 is 0 Å². The van der Waals surface area contributed by atoms with E-state index in [4.69, 9.17) is 9.47 Å². The highest BCUT2D eigenvalue weighted by Crippen LogP contribution is 2.40. The largest absolute Gasteiger partial charge is 0.497 e. The average molecular weight is 386 g/mol. The van der Waals surface area contributed by atoms with Crippen molar-refractivity contribution in [1.82, 2.24) is 5.32 Å². The highest BCUT2D eigenvalue weighted by Gasteiger charge is 2.41. The minimum Gasteiger partial charge on any atom is -0.497 e. The molecule has 2 bridgehead atoms. The first kappa shape index (κ1) is 19.1. The van der Waals surface area contributed by atoms with Gasteiger partial charge in [-0.3, -0.25) is 9.59 Å². The van der Waals surface area contributed by atoms with Gasteiger partial charge in [0.2, 0.25) is 5.91 Å². The Kier molecular flexibility index (Phi) is 5.47. The van der Waals surface area contributed by atoms with Gasteiger partial charge in [0.15, 0.2) is 0 Å². The van der Waals surface area contributed by atoms with Gasteiger partial charge in [-0.05, 0) is 32.1 Å². The lowest BCUT2D eigenvalue weighted by Gasteiger charge is -2.37. The van der Waals surface area contributed by atoms with Crippen LogP contribution in [0.2, 0.25) is 0 Å². The number of nitrogens with zero attached hydrogens (tertiary/aromatic N) is 1. The van der Waals surface area contributed by atoms with E-state index in [-0.39, 0.29) is 29.7 Å². The molecule has 1 heterocycles. The van der Waals surface area contributed by atoms with Crippen molar-refractivity contribution in [2.24, 2.45) is 17.8 Å². The van der Waals surface area contributed by atoms with Crippen molar-refractivity contribution in [3.63, 3.8) is 0 Å². The molecule has 1 aliphatic heterocycles. The number of nitrogens with one attached hydrogen (secondary N) is 1. The number of hydrogen-bond acceptors (Lipinski definition) is 5. The molecule has 2 aliphatic carbocycles. The number of ether oxygens (including phenoxy) is 2. The first-order chi connectivity index (χ1) is 13.6. The van der Waals surface area contributed by atoms with E-state index < -0.39 is 0 Å². The fraction of sp³-hybridized carbons (Fsp3) is 0.636. The second kappa shape index (κ2) is 8.02. The SMILES string of the molecule is COc1cc(OC)cc(N2CC[C@@H](NC(=O)C3C[C@H]4CCC[C@@H](C3)C4=O)C2)c1. The first-order valence-corrected chi connectivity index (χ1v) is 10.4. The van der Waals surface area contributed by atoms with E-state index in [1.165, 1.54) is 0 Å². The maximum atomic E-state index is 12.9. The Morgan fingerprint density at radius 3 is 2.29 bits per heavy atom. The van der Waals surface area contributed by atoms with Crippen LogP contribution in [-0.4, -0.2) is 45.0 Å². The van der Waals surface area contributed by atoms with Crippen molar-refractivity contribution in [3.8, 4) is 11.5 Å². The van der Waals surface area contributed by atoms with Gasteiger partial charge in [0, 0.05) is 60.8 Å². The molecule has 0 aromatic heterocycles. The summed E-state index contributed by atoms with van der Waals surface area (Å²) < 4.78 is 10.7. The van der Waals surface area contributed by atoms with Gasteiger partial charge in [0.25, 0.3) is 0 Å². The molecule has 1 saturated heterocycles. The third kappa shape index (κ3) is 3.82. The molecule has 3 fully saturated rings. The van der Waals surface area contributed by atoms with Gasteiger partial charge < -0.3 is 19.7 Å². The Labute approximate surface area is 166 Å². The molecule has 1 amide bonds. The summed E-state index contributed by atoms with van der Waals surface area (Å²) in [5, 5.41) is 3.26. The number of fused-ring (bicyclic) bond motifs is 2. The first-order valence-electron chi connectivity index (χ1n) is 10.4. The lowest BCUT2D eigenvalue weighted by Crippen LogP contribution is -2.46. The van der Waals surface area contributed by atoms with Crippen LogP contribution in [0.1, 0.15) is 38.5 Å². The van der Waals surface area contributed by atoms with Crippen LogP contribution in [0, 0.1) is 17.8 Å². The Balaban J connectivity index is 1.36. The maximum absolute atomic E-state index is 12.9. The van der Waals surface area contributed by atoms with Gasteiger partial charge in [0.1, 0.15) is 17.3 Å². The molecule has 6 nitrogen and oxygen atoms in total. The topological polar surface area (TPSA) is 67.9 Å². The Morgan fingerprint density at radius 2 is 1.68 bits per heavy atom. The normalized spacial score (nSPS) is 29.5. The molecule has 0 radical (unpaired) electrons. The van der Waals surface area contributed by atoms with E-state index >= 15 is 0 Å². The summed E-state index contributed by atoms with van der Waals surface area (Å²) in [4.78, 5) is 27.4. The Hall–Kier alpha value is -2.24. The van der Waals surface area contributed by atoms with Gasteiger partial charge >= 0.3 is 0 Å². The van der Waals surface area contributed by atoms with Crippen LogP contribution in [0.15, 0.2) is 18.2 Å². The second-order valence-electron chi connectivity index (χ2n) is 8.41. The van der Waals surface area contributed by atoms with E-state index in [2.05, 4.69) is 10.2 Å². The zero-order chi connectivity index (χ0) is 19.7. The number of carbonyl (C=O) groups excluding carboxylic acids is 2. The van der Waals surface area contributed by atoms with Gasteiger partial charge in [-0.25, -0.2) is 0 Å². The number of rotatable bonds is 5. The molecular formula is C22H30N2O4. The number of Topliss-reactive ketones (excluding diaryl/α,β-unsaturated/α-hetero) is 1. The number of benzene rings is 1. The molecular weight excluding hydrogens is 356 g/mol. The lowest BCUT2D eigenvalue weighted by atomic mass is 9.67. The molecule has 4 atom stereocenters. The van der Waals surface area contributed by atoms with Gasteiger partial charge in [0.05, 0.1) is 14.2 Å². The van der Waals surface area contributed by atoms with Crippen LogP contribution in [0.25, 0.3) is 0 Å². The molecule has 28 heavy (non-hydrogen) atoms. The van der Waals surface area contributed by atoms with Crippen molar-refractivity contribution >= 4 is 17.4 Å². The quantitative estimate of drug-likeness (QED) is 0.843. The van der Waals surface area contributed by atoms with Crippen LogP contribution in [0.5, 0.6) is 11.5 Å². The summed E-state index contributed by atoms with van der Waals surface area (Å²) in [6.45, 7) is 1.66. The monoisotopic (exact) mass is 386 g/mol. The van der Waals surface area contributed by atoms with Gasteiger partial charge in [-0.1, -0.05) is 6.42 Å². The molecule has 4 rings (SSSR count). The summed E-state index contributed by atoms with van der Waals surface area (Å²) in [7, 11) is 3.30. The van der Waals surface area contributed by atoms with Crippen LogP contribution in [-0.2, 0) is 9.59 Å². The number of anilines is 1. The maximum Gasteiger partial charge on any atom is 0.223 e. The molecule has 1 aromatic rings. The summed E-state index contributed by atoms with van der Waals surface area (Å²) >= 11 is 0. The minimum atomic E-state index is -0.000960. The number of carbonyl (C=O) groups is 2. The van der Waals surface area contributed by atoms with E-state index in [0.717, 1.165) is 68.8 Å². The zero-order valence-corrected chi connectivity index (χ0v) is 16.8. The smallest absolute Gasteiger partial charge is 0.223 e. The van der Waals surface area contributed by atoms with Crippen LogP contribution < -0.4 is 19.7 Å².